The van der Waals surface area contributed by atoms with Gasteiger partial charge in [-0.1, -0.05) is 6.92 Å². The van der Waals surface area contributed by atoms with Crippen molar-refractivity contribution in [2.24, 2.45) is 0 Å². The van der Waals surface area contributed by atoms with E-state index in [0.717, 1.165) is 62.8 Å². The van der Waals surface area contributed by atoms with E-state index in [0.29, 0.717) is 5.56 Å². The van der Waals surface area contributed by atoms with E-state index in [1.807, 2.05) is 35.2 Å². The normalized spacial score (nSPS) is 15.8. The summed E-state index contributed by atoms with van der Waals surface area (Å²) in [6.07, 6.45) is 1.90. The number of carbonyl (C=O) groups excluding carboxylic acids is 1. The van der Waals surface area contributed by atoms with Crippen LogP contribution >= 0.6 is 0 Å². The van der Waals surface area contributed by atoms with Crippen molar-refractivity contribution in [3.63, 3.8) is 0 Å². The van der Waals surface area contributed by atoms with Gasteiger partial charge in [0.25, 0.3) is 5.91 Å². The maximum Gasteiger partial charge on any atom is 0.253 e. The first kappa shape index (κ1) is 17.5. The third kappa shape index (κ3) is 4.42. The SMILES string of the molecule is CCc1ccc(CN2CCCN(C(=O)c3ccc(OC)cc3)CC2)o1. The second kappa shape index (κ2) is 8.21. The predicted molar refractivity (Wildman–Crippen MR) is 96.9 cm³/mol. The third-order valence-electron chi connectivity index (χ3n) is 4.66. The van der Waals surface area contributed by atoms with Crippen LogP contribution in [0.5, 0.6) is 5.75 Å². The number of hydrogen-bond acceptors (Lipinski definition) is 4. The number of benzene rings is 1. The van der Waals surface area contributed by atoms with E-state index in [1.54, 1.807) is 7.11 Å². The number of hydrogen-bond donors (Lipinski definition) is 0. The molecule has 0 spiro atoms. The molecule has 0 atom stereocenters. The molecule has 3 rings (SSSR count). The lowest BCUT2D eigenvalue weighted by molar-refractivity contribution is 0.0760. The van der Waals surface area contributed by atoms with E-state index in [9.17, 15) is 4.79 Å². The Kier molecular flexibility index (Phi) is 5.76. The Morgan fingerprint density at radius 1 is 1.04 bits per heavy atom. The van der Waals surface area contributed by atoms with Gasteiger partial charge in [0.2, 0.25) is 0 Å². The smallest absolute Gasteiger partial charge is 0.253 e. The lowest BCUT2D eigenvalue weighted by Gasteiger charge is -2.21. The van der Waals surface area contributed by atoms with Crippen molar-refractivity contribution < 1.29 is 13.9 Å². The highest BCUT2D eigenvalue weighted by Gasteiger charge is 2.21. The van der Waals surface area contributed by atoms with E-state index in [1.165, 1.54) is 0 Å². The van der Waals surface area contributed by atoms with Gasteiger partial charge in [-0.2, -0.15) is 0 Å². The van der Waals surface area contributed by atoms with Crippen LogP contribution in [0.3, 0.4) is 0 Å². The minimum Gasteiger partial charge on any atom is -0.497 e. The van der Waals surface area contributed by atoms with Crippen LogP contribution in [-0.2, 0) is 13.0 Å². The number of methoxy groups -OCH3 is 1. The van der Waals surface area contributed by atoms with Crippen molar-refractivity contribution in [1.82, 2.24) is 9.80 Å². The molecule has 1 aliphatic rings. The number of ether oxygens (including phenoxy) is 1. The molecule has 0 N–H and O–H groups in total. The lowest BCUT2D eigenvalue weighted by Crippen LogP contribution is -2.35. The summed E-state index contributed by atoms with van der Waals surface area (Å²) in [5, 5.41) is 0. The first-order valence-corrected chi connectivity index (χ1v) is 8.93. The Morgan fingerprint density at radius 2 is 1.80 bits per heavy atom. The molecule has 5 nitrogen and oxygen atoms in total. The van der Waals surface area contributed by atoms with Gasteiger partial charge in [-0.05, 0) is 42.8 Å². The van der Waals surface area contributed by atoms with Gasteiger partial charge in [0.15, 0.2) is 0 Å². The number of carbonyl (C=O) groups is 1. The molecule has 1 saturated heterocycles. The summed E-state index contributed by atoms with van der Waals surface area (Å²) in [4.78, 5) is 17.0. The molecule has 0 bridgehead atoms. The molecule has 5 heteroatoms. The summed E-state index contributed by atoms with van der Waals surface area (Å²) in [5.41, 5.74) is 0.716. The maximum absolute atomic E-state index is 12.7. The molecular weight excluding hydrogens is 316 g/mol. The van der Waals surface area contributed by atoms with Crippen molar-refractivity contribution in [3.8, 4) is 5.75 Å². The standard InChI is InChI=1S/C20H26N2O3/c1-3-17-9-10-19(25-17)15-21-11-4-12-22(14-13-21)20(23)16-5-7-18(24-2)8-6-16/h5-10H,3-4,11-15H2,1-2H3. The predicted octanol–water partition coefficient (Wildman–Crippen LogP) is 3.20. The van der Waals surface area contributed by atoms with E-state index >= 15 is 0 Å². The average molecular weight is 342 g/mol. The summed E-state index contributed by atoms with van der Waals surface area (Å²) in [5.74, 6) is 2.90. The zero-order chi connectivity index (χ0) is 17.6. The molecule has 1 aliphatic heterocycles. The topological polar surface area (TPSA) is 45.9 Å². The summed E-state index contributed by atoms with van der Waals surface area (Å²) in [6, 6.07) is 11.4. The Hall–Kier alpha value is -2.27. The van der Waals surface area contributed by atoms with Gasteiger partial charge >= 0.3 is 0 Å². The molecule has 0 aliphatic carbocycles. The fraction of sp³-hybridized carbons (Fsp3) is 0.450. The van der Waals surface area contributed by atoms with Crippen LogP contribution in [0, 0.1) is 0 Å². The zero-order valence-electron chi connectivity index (χ0n) is 15.0. The summed E-state index contributed by atoms with van der Waals surface area (Å²) in [7, 11) is 1.63. The van der Waals surface area contributed by atoms with Gasteiger partial charge in [-0.15, -0.1) is 0 Å². The molecule has 0 unspecified atom stereocenters. The number of nitrogens with zero attached hydrogens (tertiary/aromatic N) is 2. The van der Waals surface area contributed by atoms with Crippen LogP contribution in [0.4, 0.5) is 0 Å². The number of rotatable bonds is 5. The highest BCUT2D eigenvalue weighted by molar-refractivity contribution is 5.94. The fourth-order valence-electron chi connectivity index (χ4n) is 3.17. The molecule has 2 aromatic rings. The average Bonchev–Trinajstić information content (AvgIpc) is 2.98. The van der Waals surface area contributed by atoms with E-state index < -0.39 is 0 Å². The van der Waals surface area contributed by atoms with Crippen LogP contribution in [0.25, 0.3) is 0 Å². The van der Waals surface area contributed by atoms with Crippen molar-refractivity contribution in [3.05, 3.63) is 53.5 Å². The van der Waals surface area contributed by atoms with Crippen LogP contribution in [0.2, 0.25) is 0 Å². The van der Waals surface area contributed by atoms with Crippen molar-refractivity contribution in [1.29, 1.82) is 0 Å². The molecule has 134 valence electrons. The first-order valence-electron chi connectivity index (χ1n) is 8.93. The molecule has 1 aromatic heterocycles. The molecule has 1 amide bonds. The molecule has 0 radical (unpaired) electrons. The van der Waals surface area contributed by atoms with Gasteiger partial charge in [-0.3, -0.25) is 9.69 Å². The van der Waals surface area contributed by atoms with Crippen molar-refractivity contribution >= 4 is 5.91 Å². The second-order valence-electron chi connectivity index (χ2n) is 6.37. The minimum absolute atomic E-state index is 0.0933. The Bertz CT molecular complexity index is 693. The summed E-state index contributed by atoms with van der Waals surface area (Å²) in [6.45, 7) is 6.28. The molecule has 0 saturated carbocycles. The fourth-order valence-corrected chi connectivity index (χ4v) is 3.17. The second-order valence-corrected chi connectivity index (χ2v) is 6.37. The highest BCUT2D eigenvalue weighted by Crippen LogP contribution is 2.16. The molecule has 1 aromatic carbocycles. The van der Waals surface area contributed by atoms with Gasteiger partial charge in [0, 0.05) is 38.2 Å². The number of furan rings is 1. The van der Waals surface area contributed by atoms with Gasteiger partial charge in [-0.25, -0.2) is 0 Å². The molecular formula is C20H26N2O3. The van der Waals surface area contributed by atoms with Crippen LogP contribution < -0.4 is 4.74 Å². The van der Waals surface area contributed by atoms with E-state index in [-0.39, 0.29) is 5.91 Å². The van der Waals surface area contributed by atoms with Crippen LogP contribution in [0.1, 0.15) is 35.2 Å². The van der Waals surface area contributed by atoms with Gasteiger partial charge < -0.3 is 14.1 Å². The van der Waals surface area contributed by atoms with Crippen LogP contribution in [0.15, 0.2) is 40.8 Å². The first-order chi connectivity index (χ1) is 12.2. The van der Waals surface area contributed by atoms with E-state index in [4.69, 9.17) is 9.15 Å². The van der Waals surface area contributed by atoms with E-state index in [2.05, 4.69) is 17.9 Å². The Labute approximate surface area is 149 Å². The minimum atomic E-state index is 0.0933. The Balaban J connectivity index is 1.57. The quantitative estimate of drug-likeness (QED) is 0.837. The molecule has 1 fully saturated rings. The van der Waals surface area contributed by atoms with Crippen LogP contribution in [-0.4, -0.2) is 49.0 Å². The van der Waals surface area contributed by atoms with Crippen molar-refractivity contribution in [2.75, 3.05) is 33.3 Å². The van der Waals surface area contributed by atoms with Gasteiger partial charge in [0.1, 0.15) is 17.3 Å². The Morgan fingerprint density at radius 3 is 2.48 bits per heavy atom. The van der Waals surface area contributed by atoms with Gasteiger partial charge in [0.05, 0.1) is 13.7 Å². The molecule has 25 heavy (non-hydrogen) atoms. The summed E-state index contributed by atoms with van der Waals surface area (Å²) >= 11 is 0. The molecule has 2 heterocycles. The zero-order valence-corrected chi connectivity index (χ0v) is 15.0. The summed E-state index contributed by atoms with van der Waals surface area (Å²) < 4.78 is 11.0. The lowest BCUT2D eigenvalue weighted by atomic mass is 10.2. The third-order valence-corrected chi connectivity index (χ3v) is 4.66. The largest absolute Gasteiger partial charge is 0.497 e. The number of amides is 1. The highest BCUT2D eigenvalue weighted by atomic mass is 16.5. The number of aryl methyl sites for hydroxylation is 1. The maximum atomic E-state index is 12.7. The monoisotopic (exact) mass is 342 g/mol. The van der Waals surface area contributed by atoms with Crippen molar-refractivity contribution in [2.45, 2.75) is 26.3 Å².